The second kappa shape index (κ2) is 7.99. The highest BCUT2D eigenvalue weighted by Gasteiger charge is 2.02. The molecule has 0 fully saturated rings. The first-order valence-electron chi connectivity index (χ1n) is 6.10. The van der Waals surface area contributed by atoms with Gasteiger partial charge in [0.15, 0.2) is 0 Å². The Bertz CT molecular complexity index is 329. The van der Waals surface area contributed by atoms with Crippen molar-refractivity contribution >= 4 is 27.5 Å². The van der Waals surface area contributed by atoms with Crippen LogP contribution in [0.1, 0.15) is 36.8 Å². The number of rotatable bonds is 7. The van der Waals surface area contributed by atoms with Crippen molar-refractivity contribution < 1.29 is 4.74 Å². The Hall–Kier alpha value is -0.210. The average Bonchev–Trinajstić information content (AvgIpc) is 2.30. The van der Waals surface area contributed by atoms with E-state index in [9.17, 15) is 0 Å². The van der Waals surface area contributed by atoms with Crippen molar-refractivity contribution in [2.24, 2.45) is 0 Å². The van der Waals surface area contributed by atoms with E-state index in [0.717, 1.165) is 31.1 Å². The van der Waals surface area contributed by atoms with E-state index in [2.05, 4.69) is 41.9 Å². The smallest absolute Gasteiger partial charge is 0.119 e. The molecule has 17 heavy (non-hydrogen) atoms. The fourth-order valence-electron chi connectivity index (χ4n) is 1.73. The molecule has 1 nitrogen and oxygen atoms in total. The second-order valence-corrected chi connectivity index (χ2v) is 5.49. The summed E-state index contributed by atoms with van der Waals surface area (Å²) in [7, 11) is 0. The largest absolute Gasteiger partial charge is 0.494 e. The number of benzene rings is 1. The van der Waals surface area contributed by atoms with Crippen LogP contribution in [0, 0.1) is 13.8 Å². The minimum absolute atomic E-state index is 0.770. The van der Waals surface area contributed by atoms with Crippen LogP contribution in [0.25, 0.3) is 0 Å². The summed E-state index contributed by atoms with van der Waals surface area (Å²) in [6, 6.07) is 4.16. The molecule has 96 valence electrons. The normalized spacial score (nSPS) is 10.6. The fourth-order valence-corrected chi connectivity index (χ4v) is 2.15. The number of ether oxygens (including phenoxy) is 1. The van der Waals surface area contributed by atoms with Gasteiger partial charge in [0.1, 0.15) is 5.75 Å². The maximum atomic E-state index is 5.75. The van der Waals surface area contributed by atoms with Crippen LogP contribution in [0.4, 0.5) is 0 Å². The molecule has 0 amide bonds. The van der Waals surface area contributed by atoms with Gasteiger partial charge < -0.3 is 4.74 Å². The zero-order valence-corrected chi connectivity index (χ0v) is 12.9. The van der Waals surface area contributed by atoms with Crippen molar-refractivity contribution in [1.29, 1.82) is 0 Å². The Morgan fingerprint density at radius 1 is 1.06 bits per heavy atom. The Kier molecular flexibility index (Phi) is 6.98. The first-order valence-corrected chi connectivity index (χ1v) is 7.43. The molecule has 0 saturated heterocycles. The minimum atomic E-state index is 0.770. The molecule has 1 aromatic rings. The number of unbranched alkanes of at least 4 members (excludes halogenated alkanes) is 3. The quantitative estimate of drug-likeness (QED) is 0.493. The highest BCUT2D eigenvalue weighted by atomic mass is 79.9. The van der Waals surface area contributed by atoms with E-state index >= 15 is 0 Å². The van der Waals surface area contributed by atoms with Crippen LogP contribution < -0.4 is 4.74 Å². The summed E-state index contributed by atoms with van der Waals surface area (Å²) < 4.78 is 6.92. The Morgan fingerprint density at radius 3 is 2.24 bits per heavy atom. The summed E-state index contributed by atoms with van der Waals surface area (Å²) in [5.41, 5.74) is 2.45. The molecule has 0 aliphatic carbocycles. The standard InChI is InChI=1S/C14H20BrClO/c1-11-9-13(10-12(2)14(11)15)17-8-6-4-3-5-7-16/h9-10H,3-8H2,1-2H3. The molecule has 3 heteroatoms. The zero-order valence-electron chi connectivity index (χ0n) is 10.6. The van der Waals surface area contributed by atoms with Crippen LogP contribution in [-0.4, -0.2) is 12.5 Å². The molecular weight excluding hydrogens is 300 g/mol. The van der Waals surface area contributed by atoms with Crippen LogP contribution in [0.3, 0.4) is 0 Å². The van der Waals surface area contributed by atoms with Crippen LogP contribution in [0.5, 0.6) is 5.75 Å². The van der Waals surface area contributed by atoms with Gasteiger partial charge >= 0.3 is 0 Å². The molecular formula is C14H20BrClO. The lowest BCUT2D eigenvalue weighted by Crippen LogP contribution is -1.98. The Labute approximate surface area is 118 Å². The molecule has 0 aliphatic heterocycles. The SMILES string of the molecule is Cc1cc(OCCCCCCCl)cc(C)c1Br. The first-order chi connectivity index (χ1) is 8.15. The van der Waals surface area contributed by atoms with Gasteiger partial charge in [0.2, 0.25) is 0 Å². The van der Waals surface area contributed by atoms with Gasteiger partial charge in [-0.25, -0.2) is 0 Å². The molecule has 1 aromatic carbocycles. The van der Waals surface area contributed by atoms with Crippen molar-refractivity contribution in [3.05, 3.63) is 27.7 Å². The lowest BCUT2D eigenvalue weighted by atomic mass is 10.1. The van der Waals surface area contributed by atoms with Crippen molar-refractivity contribution in [3.8, 4) is 5.75 Å². The number of alkyl halides is 1. The van der Waals surface area contributed by atoms with Crippen LogP contribution in [-0.2, 0) is 0 Å². The predicted molar refractivity (Wildman–Crippen MR) is 78.3 cm³/mol. The first kappa shape index (κ1) is 14.8. The van der Waals surface area contributed by atoms with E-state index in [-0.39, 0.29) is 0 Å². The third-order valence-electron chi connectivity index (χ3n) is 2.71. The highest BCUT2D eigenvalue weighted by Crippen LogP contribution is 2.26. The molecule has 0 atom stereocenters. The maximum Gasteiger partial charge on any atom is 0.119 e. The van der Waals surface area contributed by atoms with Crippen molar-refractivity contribution in [1.82, 2.24) is 0 Å². The van der Waals surface area contributed by atoms with Gasteiger partial charge in [-0.1, -0.05) is 28.8 Å². The van der Waals surface area contributed by atoms with Crippen LogP contribution in [0.15, 0.2) is 16.6 Å². The maximum absolute atomic E-state index is 5.75. The summed E-state index contributed by atoms with van der Waals surface area (Å²) in [5.74, 6) is 1.74. The summed E-state index contributed by atoms with van der Waals surface area (Å²) in [5, 5.41) is 0. The number of hydrogen-bond donors (Lipinski definition) is 0. The number of hydrogen-bond acceptors (Lipinski definition) is 1. The van der Waals surface area contributed by atoms with Crippen LogP contribution >= 0.6 is 27.5 Å². The molecule has 0 heterocycles. The van der Waals surface area contributed by atoms with Gasteiger partial charge in [0.25, 0.3) is 0 Å². The number of aryl methyl sites for hydroxylation is 2. The zero-order chi connectivity index (χ0) is 12.7. The third kappa shape index (κ3) is 5.31. The molecule has 1 rings (SSSR count). The van der Waals surface area contributed by atoms with E-state index in [0.29, 0.717) is 0 Å². The second-order valence-electron chi connectivity index (χ2n) is 4.32. The molecule has 0 spiro atoms. The van der Waals surface area contributed by atoms with E-state index in [1.54, 1.807) is 0 Å². The summed E-state index contributed by atoms with van der Waals surface area (Å²) in [6.07, 6.45) is 4.61. The Balaban J connectivity index is 2.32. The van der Waals surface area contributed by atoms with Gasteiger partial charge in [-0.05, 0) is 49.9 Å². The third-order valence-corrected chi connectivity index (χ3v) is 4.22. The van der Waals surface area contributed by atoms with Crippen molar-refractivity contribution in [3.63, 3.8) is 0 Å². The number of halogens is 2. The monoisotopic (exact) mass is 318 g/mol. The van der Waals surface area contributed by atoms with E-state index in [1.807, 2.05) is 0 Å². The molecule has 0 aliphatic rings. The molecule has 0 radical (unpaired) electrons. The average molecular weight is 320 g/mol. The van der Waals surface area contributed by atoms with E-state index in [1.165, 1.54) is 28.4 Å². The molecule has 0 saturated carbocycles. The Morgan fingerprint density at radius 2 is 1.65 bits per heavy atom. The van der Waals surface area contributed by atoms with Gasteiger partial charge in [0.05, 0.1) is 6.61 Å². The van der Waals surface area contributed by atoms with Gasteiger partial charge in [-0.15, -0.1) is 11.6 Å². The van der Waals surface area contributed by atoms with Gasteiger partial charge in [-0.2, -0.15) is 0 Å². The molecule has 0 N–H and O–H groups in total. The molecule has 0 unspecified atom stereocenters. The van der Waals surface area contributed by atoms with Gasteiger partial charge in [-0.3, -0.25) is 0 Å². The summed E-state index contributed by atoms with van der Waals surface area (Å²) in [6.45, 7) is 4.97. The highest BCUT2D eigenvalue weighted by molar-refractivity contribution is 9.10. The van der Waals surface area contributed by atoms with Crippen molar-refractivity contribution in [2.45, 2.75) is 39.5 Å². The molecule has 0 aromatic heterocycles. The lowest BCUT2D eigenvalue weighted by Gasteiger charge is -2.10. The summed E-state index contributed by atoms with van der Waals surface area (Å²) in [4.78, 5) is 0. The van der Waals surface area contributed by atoms with E-state index < -0.39 is 0 Å². The van der Waals surface area contributed by atoms with E-state index in [4.69, 9.17) is 16.3 Å². The fraction of sp³-hybridized carbons (Fsp3) is 0.571. The topological polar surface area (TPSA) is 9.23 Å². The molecule has 0 bridgehead atoms. The summed E-state index contributed by atoms with van der Waals surface area (Å²) >= 11 is 9.18. The van der Waals surface area contributed by atoms with Crippen molar-refractivity contribution in [2.75, 3.05) is 12.5 Å². The lowest BCUT2D eigenvalue weighted by molar-refractivity contribution is 0.304. The predicted octanol–water partition coefficient (Wildman–Crippen LogP) is 5.24. The van der Waals surface area contributed by atoms with Gasteiger partial charge in [0, 0.05) is 10.4 Å². The van der Waals surface area contributed by atoms with Crippen LogP contribution in [0.2, 0.25) is 0 Å². The minimum Gasteiger partial charge on any atom is -0.494 e.